The topological polar surface area (TPSA) is 64.3 Å². The summed E-state index contributed by atoms with van der Waals surface area (Å²) in [7, 11) is 0. The highest BCUT2D eigenvalue weighted by Crippen LogP contribution is 2.24. The van der Waals surface area contributed by atoms with Crippen LogP contribution in [0, 0.1) is 5.92 Å². The molecule has 0 aromatic heterocycles. The molecule has 0 saturated heterocycles. The highest BCUT2D eigenvalue weighted by molar-refractivity contribution is 5.93. The van der Waals surface area contributed by atoms with Crippen molar-refractivity contribution in [3.63, 3.8) is 0 Å². The summed E-state index contributed by atoms with van der Waals surface area (Å²) in [5.74, 6) is 5.56. The summed E-state index contributed by atoms with van der Waals surface area (Å²) in [5, 5.41) is 0. The molecule has 4 heteroatoms. The van der Waals surface area contributed by atoms with E-state index in [0.717, 1.165) is 12.2 Å². The third-order valence-corrected chi connectivity index (χ3v) is 3.67. The Kier molecular flexibility index (Phi) is 5.36. The number of nitrogens with two attached hydrogens (primary N) is 1. The Morgan fingerprint density at radius 2 is 2.11 bits per heavy atom. The number of amides is 1. The van der Waals surface area contributed by atoms with E-state index < -0.39 is 0 Å². The molecule has 19 heavy (non-hydrogen) atoms. The van der Waals surface area contributed by atoms with E-state index in [1.165, 1.54) is 32.1 Å². The van der Waals surface area contributed by atoms with Gasteiger partial charge in [0.25, 0.3) is 5.91 Å². The molecule has 2 rings (SSSR count). The van der Waals surface area contributed by atoms with Gasteiger partial charge in [0.2, 0.25) is 0 Å². The highest BCUT2D eigenvalue weighted by atomic mass is 16.5. The van der Waals surface area contributed by atoms with Gasteiger partial charge in [-0.1, -0.05) is 31.4 Å². The lowest BCUT2D eigenvalue weighted by atomic mass is 9.90. The smallest absolute Gasteiger partial charge is 0.265 e. The van der Waals surface area contributed by atoms with E-state index in [1.54, 1.807) is 6.07 Å². The molecule has 104 valence electrons. The largest absolute Gasteiger partial charge is 0.376 e. The zero-order valence-electron chi connectivity index (χ0n) is 11.2. The molecule has 4 nitrogen and oxygen atoms in total. The van der Waals surface area contributed by atoms with Crippen molar-refractivity contribution >= 4 is 5.91 Å². The van der Waals surface area contributed by atoms with Crippen molar-refractivity contribution in [3.8, 4) is 0 Å². The van der Waals surface area contributed by atoms with E-state index in [4.69, 9.17) is 10.6 Å². The molecular formula is C15H22N2O2. The number of nitrogen functional groups attached to an aromatic ring is 1. The van der Waals surface area contributed by atoms with Gasteiger partial charge < -0.3 is 4.74 Å². The van der Waals surface area contributed by atoms with Gasteiger partial charge in [-0.3, -0.25) is 10.2 Å². The predicted molar refractivity (Wildman–Crippen MR) is 74.3 cm³/mol. The van der Waals surface area contributed by atoms with Crippen LogP contribution in [0.2, 0.25) is 0 Å². The molecule has 1 aromatic rings. The monoisotopic (exact) mass is 262 g/mol. The predicted octanol–water partition coefficient (Wildman–Crippen LogP) is 2.39. The number of hydrogen-bond donors (Lipinski definition) is 2. The lowest BCUT2D eigenvalue weighted by Crippen LogP contribution is -2.30. The molecule has 0 aliphatic heterocycles. The van der Waals surface area contributed by atoms with E-state index in [2.05, 4.69) is 5.43 Å². The Bertz CT molecular complexity index is 414. The van der Waals surface area contributed by atoms with Crippen LogP contribution in [0.3, 0.4) is 0 Å². The number of benzene rings is 1. The van der Waals surface area contributed by atoms with Crippen LogP contribution in [0.5, 0.6) is 0 Å². The van der Waals surface area contributed by atoms with Crippen molar-refractivity contribution in [2.75, 3.05) is 6.61 Å². The summed E-state index contributed by atoms with van der Waals surface area (Å²) in [6, 6.07) is 7.38. The molecule has 0 unspecified atom stereocenters. The fourth-order valence-corrected chi connectivity index (χ4v) is 2.58. The van der Waals surface area contributed by atoms with Crippen molar-refractivity contribution in [1.29, 1.82) is 0 Å². The molecular weight excluding hydrogens is 240 g/mol. The van der Waals surface area contributed by atoms with E-state index in [1.807, 2.05) is 18.2 Å². The van der Waals surface area contributed by atoms with Crippen LogP contribution in [0.15, 0.2) is 24.3 Å². The second-order valence-corrected chi connectivity index (χ2v) is 5.19. The Balaban J connectivity index is 1.80. The molecule has 0 radical (unpaired) electrons. The van der Waals surface area contributed by atoms with Crippen molar-refractivity contribution in [2.45, 2.75) is 38.7 Å². The summed E-state index contributed by atoms with van der Waals surface area (Å²) in [4.78, 5) is 11.4. The number of nitrogens with one attached hydrogen (secondary N) is 1. The van der Waals surface area contributed by atoms with Gasteiger partial charge in [0.05, 0.1) is 6.61 Å². The SMILES string of the molecule is NNC(=O)c1cccc(COCC2CCCCC2)c1. The van der Waals surface area contributed by atoms with Crippen LogP contribution < -0.4 is 11.3 Å². The first-order chi connectivity index (χ1) is 9.29. The van der Waals surface area contributed by atoms with Crippen molar-refractivity contribution in [3.05, 3.63) is 35.4 Å². The molecule has 0 spiro atoms. The van der Waals surface area contributed by atoms with Crippen LogP contribution in [-0.4, -0.2) is 12.5 Å². The Labute approximate surface area is 114 Å². The van der Waals surface area contributed by atoms with Gasteiger partial charge in [-0.2, -0.15) is 0 Å². The quantitative estimate of drug-likeness (QED) is 0.486. The van der Waals surface area contributed by atoms with Gasteiger partial charge in [-0.05, 0) is 36.5 Å². The minimum Gasteiger partial charge on any atom is -0.376 e. The van der Waals surface area contributed by atoms with Crippen molar-refractivity contribution in [1.82, 2.24) is 5.43 Å². The van der Waals surface area contributed by atoms with Crippen LogP contribution in [0.1, 0.15) is 48.0 Å². The molecule has 1 saturated carbocycles. The van der Waals surface area contributed by atoms with E-state index >= 15 is 0 Å². The molecule has 1 amide bonds. The molecule has 0 bridgehead atoms. The molecule has 0 atom stereocenters. The third kappa shape index (κ3) is 4.33. The second kappa shape index (κ2) is 7.26. The Morgan fingerprint density at radius 3 is 2.84 bits per heavy atom. The van der Waals surface area contributed by atoms with Gasteiger partial charge in [0, 0.05) is 12.2 Å². The third-order valence-electron chi connectivity index (χ3n) is 3.67. The van der Waals surface area contributed by atoms with Gasteiger partial charge >= 0.3 is 0 Å². The first-order valence-corrected chi connectivity index (χ1v) is 6.97. The number of ether oxygens (including phenoxy) is 1. The minimum absolute atomic E-state index is 0.269. The molecule has 1 fully saturated rings. The summed E-state index contributed by atoms with van der Waals surface area (Å²) in [5.41, 5.74) is 3.72. The molecule has 0 heterocycles. The fourth-order valence-electron chi connectivity index (χ4n) is 2.58. The lowest BCUT2D eigenvalue weighted by molar-refractivity contribution is 0.0738. The van der Waals surface area contributed by atoms with Gasteiger partial charge in [-0.15, -0.1) is 0 Å². The van der Waals surface area contributed by atoms with E-state index in [9.17, 15) is 4.79 Å². The Morgan fingerprint density at radius 1 is 1.32 bits per heavy atom. The highest BCUT2D eigenvalue weighted by Gasteiger charge is 2.13. The molecule has 1 aliphatic carbocycles. The van der Waals surface area contributed by atoms with Crippen LogP contribution in [0.4, 0.5) is 0 Å². The maximum absolute atomic E-state index is 11.4. The zero-order chi connectivity index (χ0) is 13.5. The summed E-state index contributed by atoms with van der Waals surface area (Å²) < 4.78 is 5.76. The fraction of sp³-hybridized carbons (Fsp3) is 0.533. The zero-order valence-corrected chi connectivity index (χ0v) is 11.2. The van der Waals surface area contributed by atoms with Crippen molar-refractivity contribution < 1.29 is 9.53 Å². The summed E-state index contributed by atoms with van der Waals surface area (Å²) in [6.45, 7) is 1.38. The molecule has 1 aliphatic rings. The Hall–Kier alpha value is -1.39. The maximum Gasteiger partial charge on any atom is 0.265 e. The van der Waals surface area contributed by atoms with Gasteiger partial charge in [0.15, 0.2) is 0 Å². The summed E-state index contributed by atoms with van der Waals surface area (Å²) in [6.07, 6.45) is 6.61. The lowest BCUT2D eigenvalue weighted by Gasteiger charge is -2.21. The summed E-state index contributed by atoms with van der Waals surface area (Å²) >= 11 is 0. The van der Waals surface area contributed by atoms with Gasteiger partial charge in [0.1, 0.15) is 0 Å². The number of rotatable bonds is 5. The van der Waals surface area contributed by atoms with Crippen LogP contribution >= 0.6 is 0 Å². The number of carbonyl (C=O) groups is 1. The second-order valence-electron chi connectivity index (χ2n) is 5.19. The number of carbonyl (C=O) groups excluding carboxylic acids is 1. The van der Waals surface area contributed by atoms with Crippen molar-refractivity contribution in [2.24, 2.45) is 11.8 Å². The maximum atomic E-state index is 11.4. The normalized spacial score (nSPS) is 16.3. The van der Waals surface area contributed by atoms with E-state index in [-0.39, 0.29) is 5.91 Å². The van der Waals surface area contributed by atoms with Crippen LogP contribution in [-0.2, 0) is 11.3 Å². The average molecular weight is 262 g/mol. The van der Waals surface area contributed by atoms with E-state index in [0.29, 0.717) is 18.1 Å². The van der Waals surface area contributed by atoms with Crippen LogP contribution in [0.25, 0.3) is 0 Å². The minimum atomic E-state index is -0.269. The molecule has 3 N–H and O–H groups in total. The first kappa shape index (κ1) is 14.0. The standard InChI is InChI=1S/C15H22N2O2/c16-17-15(18)14-8-4-7-13(9-14)11-19-10-12-5-2-1-3-6-12/h4,7-9,12H,1-3,5-6,10-11,16H2,(H,17,18). The number of hydrazine groups is 1. The average Bonchev–Trinajstić information content (AvgIpc) is 2.48. The first-order valence-electron chi connectivity index (χ1n) is 6.97. The number of hydrogen-bond acceptors (Lipinski definition) is 3. The molecule has 1 aromatic carbocycles. The van der Waals surface area contributed by atoms with Gasteiger partial charge in [-0.25, -0.2) is 5.84 Å².